The first-order valence-electron chi connectivity index (χ1n) is 6.03. The van der Waals surface area contributed by atoms with Crippen LogP contribution in [0.15, 0.2) is 42.5 Å². The lowest BCUT2D eigenvalue weighted by molar-refractivity contribution is -0.147. The van der Waals surface area contributed by atoms with Crippen LogP contribution < -0.4 is 4.74 Å². The van der Waals surface area contributed by atoms with E-state index >= 15 is 0 Å². The van der Waals surface area contributed by atoms with Gasteiger partial charge in [-0.3, -0.25) is 0 Å². The topological polar surface area (TPSA) is 35.5 Å². The van der Waals surface area contributed by atoms with E-state index in [0.29, 0.717) is 10.0 Å². The van der Waals surface area contributed by atoms with Crippen molar-refractivity contribution in [3.8, 4) is 5.75 Å². The fraction of sp³-hybridized carbons (Fsp3) is 0.133. The predicted molar refractivity (Wildman–Crippen MR) is 83.2 cm³/mol. The molecule has 0 spiro atoms. The minimum atomic E-state index is -0.499. The summed E-state index contributed by atoms with van der Waals surface area (Å²) >= 11 is 17.6. The van der Waals surface area contributed by atoms with Crippen LogP contribution in [0.4, 0.5) is 0 Å². The fourth-order valence-electron chi connectivity index (χ4n) is 1.53. The zero-order valence-electron chi connectivity index (χ0n) is 10.8. The number of benzene rings is 2. The number of carbonyl (C=O) groups is 1. The molecule has 0 unspecified atom stereocenters. The van der Waals surface area contributed by atoms with E-state index in [1.165, 1.54) is 12.1 Å². The number of hydrogen-bond donors (Lipinski definition) is 0. The second-order valence-electron chi connectivity index (χ2n) is 4.13. The molecule has 0 amide bonds. The first-order chi connectivity index (χ1) is 10.1. The van der Waals surface area contributed by atoms with Crippen LogP contribution in [-0.2, 0) is 16.1 Å². The summed E-state index contributed by atoms with van der Waals surface area (Å²) in [6.45, 7) is -0.0668. The van der Waals surface area contributed by atoms with E-state index < -0.39 is 5.97 Å². The van der Waals surface area contributed by atoms with Gasteiger partial charge < -0.3 is 9.47 Å². The van der Waals surface area contributed by atoms with Crippen molar-refractivity contribution in [3.05, 3.63) is 63.1 Å². The van der Waals surface area contributed by atoms with Gasteiger partial charge in [0.25, 0.3) is 0 Å². The maximum absolute atomic E-state index is 11.6. The van der Waals surface area contributed by atoms with E-state index in [-0.39, 0.29) is 24.0 Å². The number of esters is 1. The van der Waals surface area contributed by atoms with Gasteiger partial charge in [-0.25, -0.2) is 4.79 Å². The van der Waals surface area contributed by atoms with E-state index in [0.717, 1.165) is 5.56 Å². The molecule has 0 aliphatic carbocycles. The van der Waals surface area contributed by atoms with Crippen molar-refractivity contribution in [3.63, 3.8) is 0 Å². The molecule has 3 nitrogen and oxygen atoms in total. The Morgan fingerprint density at radius 3 is 2.33 bits per heavy atom. The summed E-state index contributed by atoms with van der Waals surface area (Å²) in [6, 6.07) is 12.3. The molecule has 0 aromatic heterocycles. The second-order valence-corrected chi connectivity index (χ2v) is 5.35. The highest BCUT2D eigenvalue weighted by Crippen LogP contribution is 2.33. The van der Waals surface area contributed by atoms with Gasteiger partial charge in [-0.2, -0.15) is 0 Å². The predicted octanol–water partition coefficient (Wildman–Crippen LogP) is 4.77. The molecule has 0 aliphatic heterocycles. The lowest BCUT2D eigenvalue weighted by atomic mass is 10.2. The first kappa shape index (κ1) is 16.0. The Morgan fingerprint density at radius 2 is 1.62 bits per heavy atom. The average molecular weight is 346 g/mol. The summed E-state index contributed by atoms with van der Waals surface area (Å²) in [5.41, 5.74) is 0.901. The van der Waals surface area contributed by atoms with Crippen LogP contribution in [0.5, 0.6) is 5.75 Å². The maximum Gasteiger partial charge on any atom is 0.344 e. The molecule has 0 fully saturated rings. The van der Waals surface area contributed by atoms with Crippen LogP contribution in [0.2, 0.25) is 15.1 Å². The van der Waals surface area contributed by atoms with Crippen molar-refractivity contribution >= 4 is 40.8 Å². The Labute approximate surface area is 137 Å². The second kappa shape index (κ2) is 7.55. The third kappa shape index (κ3) is 4.81. The van der Waals surface area contributed by atoms with Crippen LogP contribution in [0.1, 0.15) is 5.56 Å². The molecule has 110 valence electrons. The summed E-state index contributed by atoms with van der Waals surface area (Å²) in [4.78, 5) is 11.6. The zero-order valence-corrected chi connectivity index (χ0v) is 13.1. The van der Waals surface area contributed by atoms with Crippen LogP contribution in [-0.4, -0.2) is 12.6 Å². The Morgan fingerprint density at radius 1 is 0.952 bits per heavy atom. The average Bonchev–Trinajstić information content (AvgIpc) is 2.48. The Bertz CT molecular complexity index is 630. The minimum Gasteiger partial charge on any atom is -0.480 e. The maximum atomic E-state index is 11.6. The van der Waals surface area contributed by atoms with E-state index in [1.54, 1.807) is 0 Å². The molecule has 0 bridgehead atoms. The van der Waals surface area contributed by atoms with Crippen molar-refractivity contribution in [2.24, 2.45) is 0 Å². The van der Waals surface area contributed by atoms with Crippen molar-refractivity contribution in [2.45, 2.75) is 6.61 Å². The minimum absolute atomic E-state index is 0.193. The van der Waals surface area contributed by atoms with Gasteiger partial charge >= 0.3 is 5.97 Å². The van der Waals surface area contributed by atoms with E-state index in [1.807, 2.05) is 30.3 Å². The van der Waals surface area contributed by atoms with E-state index in [2.05, 4.69) is 0 Å². The lowest BCUT2D eigenvalue weighted by Gasteiger charge is -2.09. The molecule has 6 heteroatoms. The SMILES string of the molecule is O=C(COc1cc(Cl)c(Cl)cc1Cl)OCc1ccccc1. The Hall–Kier alpha value is -1.42. The molecule has 0 saturated carbocycles. The molecule has 0 saturated heterocycles. The normalized spacial score (nSPS) is 10.2. The quantitative estimate of drug-likeness (QED) is 0.578. The van der Waals surface area contributed by atoms with Gasteiger partial charge in [0.15, 0.2) is 6.61 Å². The lowest BCUT2D eigenvalue weighted by Crippen LogP contribution is -2.14. The van der Waals surface area contributed by atoms with Crippen molar-refractivity contribution in [1.29, 1.82) is 0 Å². The van der Waals surface area contributed by atoms with Crippen LogP contribution in [0, 0.1) is 0 Å². The highest BCUT2D eigenvalue weighted by atomic mass is 35.5. The van der Waals surface area contributed by atoms with Crippen molar-refractivity contribution in [1.82, 2.24) is 0 Å². The number of carbonyl (C=O) groups excluding carboxylic acids is 1. The van der Waals surface area contributed by atoms with E-state index in [4.69, 9.17) is 44.3 Å². The molecular formula is C15H11Cl3O3. The van der Waals surface area contributed by atoms with Crippen LogP contribution in [0.25, 0.3) is 0 Å². The van der Waals surface area contributed by atoms with Crippen LogP contribution >= 0.6 is 34.8 Å². The smallest absolute Gasteiger partial charge is 0.344 e. The van der Waals surface area contributed by atoms with Crippen LogP contribution in [0.3, 0.4) is 0 Å². The Kier molecular flexibility index (Phi) is 5.74. The number of rotatable bonds is 5. The van der Waals surface area contributed by atoms with Crippen molar-refractivity contribution in [2.75, 3.05) is 6.61 Å². The third-order valence-electron chi connectivity index (χ3n) is 2.56. The molecule has 0 aliphatic rings. The Balaban J connectivity index is 1.85. The molecule has 0 heterocycles. The molecule has 0 radical (unpaired) electrons. The van der Waals surface area contributed by atoms with Gasteiger partial charge in [0.05, 0.1) is 15.1 Å². The van der Waals surface area contributed by atoms with Gasteiger partial charge in [0, 0.05) is 6.07 Å². The zero-order chi connectivity index (χ0) is 15.2. The monoisotopic (exact) mass is 344 g/mol. The van der Waals surface area contributed by atoms with Gasteiger partial charge in [0.2, 0.25) is 0 Å². The fourth-order valence-corrected chi connectivity index (χ4v) is 2.12. The molecule has 0 N–H and O–H groups in total. The van der Waals surface area contributed by atoms with Gasteiger partial charge in [-0.05, 0) is 11.6 Å². The highest BCUT2D eigenvalue weighted by molar-refractivity contribution is 6.43. The van der Waals surface area contributed by atoms with Gasteiger partial charge in [0.1, 0.15) is 12.4 Å². The molecule has 2 aromatic rings. The summed E-state index contributed by atoms with van der Waals surface area (Å²) < 4.78 is 10.4. The summed E-state index contributed by atoms with van der Waals surface area (Å²) in [5, 5.41) is 0.898. The standard InChI is InChI=1S/C15H11Cl3O3/c16-11-6-13(18)14(7-12(11)17)20-9-15(19)21-8-10-4-2-1-3-5-10/h1-7H,8-9H2. The molecule has 2 rings (SSSR count). The third-order valence-corrected chi connectivity index (χ3v) is 3.58. The molecule has 0 atom stereocenters. The summed E-state index contributed by atoms with van der Waals surface area (Å²) in [7, 11) is 0. The summed E-state index contributed by atoms with van der Waals surface area (Å²) in [5.74, 6) is -0.219. The molecule has 21 heavy (non-hydrogen) atoms. The van der Waals surface area contributed by atoms with E-state index in [9.17, 15) is 4.79 Å². The first-order valence-corrected chi connectivity index (χ1v) is 7.16. The summed E-state index contributed by atoms with van der Waals surface area (Å²) in [6.07, 6.45) is 0. The number of ether oxygens (including phenoxy) is 2. The van der Waals surface area contributed by atoms with Crippen molar-refractivity contribution < 1.29 is 14.3 Å². The highest BCUT2D eigenvalue weighted by Gasteiger charge is 2.10. The van der Waals surface area contributed by atoms with Gasteiger partial charge in [-0.15, -0.1) is 0 Å². The number of hydrogen-bond acceptors (Lipinski definition) is 3. The van der Waals surface area contributed by atoms with Gasteiger partial charge in [-0.1, -0.05) is 65.1 Å². The molecular weight excluding hydrogens is 335 g/mol. The number of halogens is 3. The molecule has 2 aromatic carbocycles. The largest absolute Gasteiger partial charge is 0.480 e.